The molecule has 0 fully saturated rings. The molecule has 5 aromatic carbocycles. The van der Waals surface area contributed by atoms with E-state index in [0.29, 0.717) is 31.2 Å². The van der Waals surface area contributed by atoms with Crippen molar-refractivity contribution in [3.05, 3.63) is 157 Å². The Kier molecular flexibility index (Phi) is 10.5. The zero-order valence-corrected chi connectivity index (χ0v) is 28.0. The predicted molar refractivity (Wildman–Crippen MR) is 200 cm³/mol. The van der Waals surface area contributed by atoms with Gasteiger partial charge in [-0.2, -0.15) is 0 Å². The summed E-state index contributed by atoms with van der Waals surface area (Å²) in [5.41, 5.74) is 8.27. The molecule has 1 heterocycles. The molecule has 8 heteroatoms. The fourth-order valence-corrected chi connectivity index (χ4v) is 11.2. The van der Waals surface area contributed by atoms with Crippen LogP contribution in [0.25, 0.3) is 0 Å². The molecule has 1 unspecified atom stereocenters. The third-order valence-corrected chi connectivity index (χ3v) is 14.2. The van der Waals surface area contributed by atoms with Gasteiger partial charge in [-0.05, 0) is 12.0 Å². The molecule has 48 heavy (non-hydrogen) atoms. The summed E-state index contributed by atoms with van der Waals surface area (Å²) in [7, 11) is 0. The van der Waals surface area contributed by atoms with Crippen LogP contribution in [0.2, 0.25) is 0 Å². The molecule has 1 atom stereocenters. The average Bonchev–Trinajstić information content (AvgIpc) is 3.14. The van der Waals surface area contributed by atoms with Gasteiger partial charge in [-0.3, -0.25) is 10.3 Å². The second-order valence-corrected chi connectivity index (χ2v) is 16.4. The fourth-order valence-electron chi connectivity index (χ4n) is 6.35. The zero-order valence-electron chi connectivity index (χ0n) is 27.1. The van der Waals surface area contributed by atoms with E-state index in [2.05, 4.69) is 32.8 Å². The van der Waals surface area contributed by atoms with Crippen LogP contribution in [0, 0.1) is 0 Å². The van der Waals surface area contributed by atoms with Crippen LogP contribution in [0.5, 0.6) is 5.75 Å². The molecule has 6 rings (SSSR count). The number of unbranched alkanes of at least 4 members (excludes halogenated alkanes) is 2. The number of benzene rings is 5. The Labute approximate surface area is 283 Å². The molecular formula is C40H43FN5OP. The van der Waals surface area contributed by atoms with E-state index in [9.17, 15) is 0 Å². The Morgan fingerprint density at radius 1 is 0.688 bits per heavy atom. The maximum atomic E-state index is 18.6. The van der Waals surface area contributed by atoms with Gasteiger partial charge in [-0.25, -0.2) is 0 Å². The van der Waals surface area contributed by atoms with Crippen LogP contribution in [0.4, 0.5) is 4.20 Å². The van der Waals surface area contributed by atoms with Crippen LogP contribution >= 0.6 is 6.91 Å². The minimum Gasteiger partial charge on any atom is -0.297 e. The van der Waals surface area contributed by atoms with E-state index in [-0.39, 0.29) is 6.17 Å². The SMILES string of the molecule is NC1=NC(c2ccc(OCCCCCP(F)(c3ccccc3)(c3ccccc3)c3ccccc3)cc2)NC(=NCCc2ccccc2)N1. The molecule has 0 spiro atoms. The van der Waals surface area contributed by atoms with Gasteiger partial charge in [-0.15, -0.1) is 0 Å². The molecule has 0 radical (unpaired) electrons. The van der Waals surface area contributed by atoms with Crippen molar-refractivity contribution in [2.75, 3.05) is 19.3 Å². The number of guanidine groups is 2. The van der Waals surface area contributed by atoms with Crippen molar-refractivity contribution in [3.8, 4) is 5.75 Å². The quantitative estimate of drug-likeness (QED) is 0.0910. The first-order chi connectivity index (χ1) is 23.5. The van der Waals surface area contributed by atoms with E-state index in [1.54, 1.807) is 0 Å². The Balaban J connectivity index is 1.05. The van der Waals surface area contributed by atoms with Gasteiger partial charge < -0.3 is 5.73 Å². The summed E-state index contributed by atoms with van der Waals surface area (Å²) < 4.78 is 24.7. The first-order valence-electron chi connectivity index (χ1n) is 16.6. The molecule has 246 valence electrons. The van der Waals surface area contributed by atoms with Crippen molar-refractivity contribution in [2.24, 2.45) is 15.7 Å². The number of aliphatic imine (C=N–C) groups is 2. The Morgan fingerprint density at radius 3 is 1.79 bits per heavy atom. The molecule has 0 bridgehead atoms. The van der Waals surface area contributed by atoms with Gasteiger partial charge in [0, 0.05) is 6.54 Å². The third kappa shape index (κ3) is 7.42. The van der Waals surface area contributed by atoms with Gasteiger partial charge in [-0.1, -0.05) is 30.3 Å². The van der Waals surface area contributed by atoms with Crippen LogP contribution in [-0.2, 0) is 6.42 Å². The molecule has 5 aromatic rings. The Bertz CT molecular complexity index is 1700. The molecule has 0 aromatic heterocycles. The van der Waals surface area contributed by atoms with Gasteiger partial charge >= 0.3 is 207 Å². The van der Waals surface area contributed by atoms with Crippen LogP contribution in [0.1, 0.15) is 36.6 Å². The van der Waals surface area contributed by atoms with E-state index in [1.807, 2.05) is 133 Å². The summed E-state index contributed by atoms with van der Waals surface area (Å²) in [6, 6.07) is 47.5. The topological polar surface area (TPSA) is 84.0 Å². The predicted octanol–water partition coefficient (Wildman–Crippen LogP) is 6.75. The van der Waals surface area contributed by atoms with E-state index in [4.69, 9.17) is 10.5 Å². The molecule has 1 aliphatic heterocycles. The second kappa shape index (κ2) is 15.3. The third-order valence-electron chi connectivity index (χ3n) is 8.87. The number of ether oxygens (including phenoxy) is 1. The minimum atomic E-state index is -4.20. The number of rotatable bonds is 14. The second-order valence-electron chi connectivity index (χ2n) is 12.0. The number of hydrogen-bond acceptors (Lipinski definition) is 4. The van der Waals surface area contributed by atoms with Gasteiger partial charge in [0.2, 0.25) is 0 Å². The molecule has 6 nitrogen and oxygen atoms in total. The van der Waals surface area contributed by atoms with Crippen molar-refractivity contribution in [1.29, 1.82) is 0 Å². The van der Waals surface area contributed by atoms with Crippen molar-refractivity contribution in [3.63, 3.8) is 0 Å². The summed E-state index contributed by atoms with van der Waals surface area (Å²) in [4.78, 5) is 9.15. The van der Waals surface area contributed by atoms with E-state index in [0.717, 1.165) is 52.9 Å². The molecule has 4 N–H and O–H groups in total. The van der Waals surface area contributed by atoms with Gasteiger partial charge in [0.1, 0.15) is 0 Å². The summed E-state index contributed by atoms with van der Waals surface area (Å²) in [5, 5.41) is 8.67. The number of nitrogens with zero attached hydrogens (tertiary/aromatic N) is 2. The molecule has 0 saturated carbocycles. The van der Waals surface area contributed by atoms with E-state index in [1.165, 1.54) is 5.56 Å². The number of nitrogens with two attached hydrogens (primary N) is 1. The normalized spacial score (nSPS) is 16.2. The zero-order chi connectivity index (χ0) is 33.1. The first-order valence-corrected chi connectivity index (χ1v) is 18.9. The van der Waals surface area contributed by atoms with Gasteiger partial charge in [0.05, 0.1) is 0 Å². The van der Waals surface area contributed by atoms with E-state index >= 15 is 4.20 Å². The first kappa shape index (κ1) is 32.9. The molecule has 0 amide bonds. The summed E-state index contributed by atoms with van der Waals surface area (Å²) in [6.45, 7) is -3.02. The monoisotopic (exact) mass is 659 g/mol. The van der Waals surface area contributed by atoms with Crippen LogP contribution < -0.4 is 37.0 Å². The maximum absolute atomic E-state index is 18.6. The van der Waals surface area contributed by atoms with Crippen molar-refractivity contribution >= 4 is 34.7 Å². The van der Waals surface area contributed by atoms with E-state index < -0.39 is 6.91 Å². The van der Waals surface area contributed by atoms with Crippen LogP contribution in [-0.4, -0.2) is 31.2 Å². The smallest absolute Gasteiger partial charge is 0.297 e. The fraction of sp³-hybridized carbons (Fsp3) is 0.200. The van der Waals surface area contributed by atoms with Crippen molar-refractivity contribution in [2.45, 2.75) is 31.8 Å². The van der Waals surface area contributed by atoms with Crippen molar-refractivity contribution in [1.82, 2.24) is 10.6 Å². The summed E-state index contributed by atoms with van der Waals surface area (Å²) in [6.07, 6.45) is 3.36. The number of nitrogens with one attached hydrogen (secondary N) is 2. The molecule has 1 aliphatic rings. The standard InChI is InChI=1S/C40H43FN5OP/c41-48(35-18-8-2-9-19-35,36-20-10-3-11-21-36,37-22-12-4-13-23-37)31-15-5-14-30-47-34-26-24-33(25-27-34)38-44-39(42)46-40(45-38)43-29-28-32-16-6-1-7-17-32/h1-4,6-13,16-27,38H,5,14-15,28-31H2,(H4,42,43,44,45,46). The Morgan fingerprint density at radius 2 is 1.23 bits per heavy atom. The van der Waals surface area contributed by atoms with Crippen LogP contribution in [0.15, 0.2) is 156 Å². The number of halogens is 1. The summed E-state index contributed by atoms with van der Waals surface area (Å²) in [5.74, 6) is 1.72. The average molecular weight is 660 g/mol. The van der Waals surface area contributed by atoms with Gasteiger partial charge in [0.15, 0.2) is 11.9 Å². The molecule has 0 aliphatic carbocycles. The molecular weight excluding hydrogens is 616 g/mol. The van der Waals surface area contributed by atoms with Gasteiger partial charge in [0.25, 0.3) is 0 Å². The number of hydrogen-bond donors (Lipinski definition) is 3. The molecule has 0 saturated heterocycles. The Hall–Kier alpha value is -5.00. The summed E-state index contributed by atoms with van der Waals surface area (Å²) >= 11 is 0. The van der Waals surface area contributed by atoms with Crippen molar-refractivity contribution < 1.29 is 8.93 Å². The minimum absolute atomic E-state index is 0.325. The van der Waals surface area contributed by atoms with Crippen LogP contribution in [0.3, 0.4) is 0 Å².